The summed E-state index contributed by atoms with van der Waals surface area (Å²) in [5.74, 6) is 0.287. The van der Waals surface area contributed by atoms with Crippen molar-refractivity contribution < 1.29 is 9.53 Å². The van der Waals surface area contributed by atoms with Crippen molar-refractivity contribution in [2.75, 3.05) is 13.2 Å². The first-order chi connectivity index (χ1) is 11.7. The molecule has 2 aromatic rings. The van der Waals surface area contributed by atoms with Crippen LogP contribution in [-0.4, -0.2) is 28.8 Å². The minimum atomic E-state index is 0.00664. The van der Waals surface area contributed by atoms with E-state index in [0.29, 0.717) is 18.0 Å². The van der Waals surface area contributed by atoms with Crippen LogP contribution in [-0.2, 0) is 22.5 Å². The van der Waals surface area contributed by atoms with E-state index in [0.717, 1.165) is 30.7 Å². The molecule has 1 aliphatic rings. The number of nitrogens with zero attached hydrogens (tertiary/aromatic N) is 2. The molecule has 0 aliphatic carbocycles. The van der Waals surface area contributed by atoms with E-state index in [-0.39, 0.29) is 17.9 Å². The van der Waals surface area contributed by atoms with E-state index in [1.54, 1.807) is 6.07 Å². The van der Waals surface area contributed by atoms with Gasteiger partial charge in [-0.15, -0.1) is 0 Å². The fourth-order valence-electron chi connectivity index (χ4n) is 3.05. The Balaban J connectivity index is 1.54. The van der Waals surface area contributed by atoms with Crippen LogP contribution in [0.3, 0.4) is 0 Å². The zero-order chi connectivity index (χ0) is 16.9. The molecule has 1 amide bonds. The lowest BCUT2D eigenvalue weighted by molar-refractivity contribution is -0.120. The third-order valence-electron chi connectivity index (χ3n) is 4.34. The molecule has 0 unspecified atom stereocenters. The van der Waals surface area contributed by atoms with Crippen molar-refractivity contribution in [3.8, 4) is 0 Å². The van der Waals surface area contributed by atoms with E-state index >= 15 is 0 Å². The molecule has 3 rings (SSSR count). The molecule has 0 radical (unpaired) electrons. The highest BCUT2D eigenvalue weighted by Crippen LogP contribution is 2.33. The molecular weight excluding hydrogens is 326 g/mol. The molecule has 1 aromatic heterocycles. The van der Waals surface area contributed by atoms with Crippen molar-refractivity contribution in [1.82, 2.24) is 15.1 Å². The number of ether oxygens (including phenoxy) is 1. The summed E-state index contributed by atoms with van der Waals surface area (Å²) in [4.78, 5) is 12.2. The van der Waals surface area contributed by atoms with E-state index in [1.807, 2.05) is 35.3 Å². The van der Waals surface area contributed by atoms with E-state index in [2.05, 4.69) is 17.3 Å². The largest absolute Gasteiger partial charge is 0.373 e. The van der Waals surface area contributed by atoms with Crippen LogP contribution in [0.1, 0.15) is 30.6 Å². The second kappa shape index (κ2) is 7.81. The Morgan fingerprint density at radius 3 is 3.12 bits per heavy atom. The molecule has 0 bridgehead atoms. The van der Waals surface area contributed by atoms with Gasteiger partial charge in [-0.25, -0.2) is 0 Å². The summed E-state index contributed by atoms with van der Waals surface area (Å²) in [6.45, 7) is 4.23. The standard InChI is InChI=1S/C18H22ClN3O2/c1-2-22-12-15(11-21-22)18-14(6-7-24-18)10-20-17(23)9-13-4-3-5-16(19)8-13/h3-5,8,11-12,14,18H,2,6-7,9-10H2,1H3,(H,20,23)/t14-,18+/m1/s1. The Hall–Kier alpha value is -1.85. The van der Waals surface area contributed by atoms with Crippen LogP contribution >= 0.6 is 11.6 Å². The molecular formula is C18H22ClN3O2. The second-order valence-corrected chi connectivity index (χ2v) is 6.52. The number of amides is 1. The SMILES string of the molecule is CCn1cc([C@H]2OCC[C@@H]2CNC(=O)Cc2cccc(Cl)c2)cn1. The third-order valence-corrected chi connectivity index (χ3v) is 4.57. The molecule has 1 saturated heterocycles. The molecule has 2 heterocycles. The van der Waals surface area contributed by atoms with Crippen LogP contribution in [0.25, 0.3) is 0 Å². The molecule has 1 fully saturated rings. The van der Waals surface area contributed by atoms with Crippen LogP contribution in [0.4, 0.5) is 0 Å². The first kappa shape index (κ1) is 17.0. The van der Waals surface area contributed by atoms with Gasteiger partial charge in [0.2, 0.25) is 5.91 Å². The summed E-state index contributed by atoms with van der Waals surface area (Å²) in [7, 11) is 0. The van der Waals surface area contributed by atoms with Crippen molar-refractivity contribution >= 4 is 17.5 Å². The monoisotopic (exact) mass is 347 g/mol. The number of rotatable bonds is 6. The van der Waals surface area contributed by atoms with Gasteiger partial charge >= 0.3 is 0 Å². The van der Waals surface area contributed by atoms with Crippen molar-refractivity contribution in [1.29, 1.82) is 0 Å². The highest BCUT2D eigenvalue weighted by Gasteiger charge is 2.30. The zero-order valence-electron chi connectivity index (χ0n) is 13.7. The Labute approximate surface area is 147 Å². The summed E-state index contributed by atoms with van der Waals surface area (Å²) in [5.41, 5.74) is 2.01. The number of halogens is 1. The van der Waals surface area contributed by atoms with Crippen LogP contribution in [0.5, 0.6) is 0 Å². The summed E-state index contributed by atoms with van der Waals surface area (Å²) in [5, 5.41) is 7.98. The van der Waals surface area contributed by atoms with Gasteiger partial charge < -0.3 is 10.1 Å². The van der Waals surface area contributed by atoms with Crippen LogP contribution in [0, 0.1) is 5.92 Å². The molecule has 128 valence electrons. The van der Waals surface area contributed by atoms with E-state index in [9.17, 15) is 4.79 Å². The topological polar surface area (TPSA) is 56.1 Å². The van der Waals surface area contributed by atoms with E-state index < -0.39 is 0 Å². The third kappa shape index (κ3) is 4.16. The molecule has 1 N–H and O–H groups in total. The van der Waals surface area contributed by atoms with Crippen LogP contribution < -0.4 is 5.32 Å². The number of aryl methyl sites for hydroxylation is 1. The number of aromatic nitrogens is 2. The number of nitrogens with one attached hydrogen (secondary N) is 1. The van der Waals surface area contributed by atoms with Gasteiger partial charge in [0.25, 0.3) is 0 Å². The molecule has 6 heteroatoms. The first-order valence-corrected chi connectivity index (χ1v) is 8.68. The minimum absolute atomic E-state index is 0.00664. The summed E-state index contributed by atoms with van der Waals surface area (Å²) in [6, 6.07) is 7.39. The average molecular weight is 348 g/mol. The highest BCUT2D eigenvalue weighted by molar-refractivity contribution is 6.30. The fourth-order valence-corrected chi connectivity index (χ4v) is 3.26. The maximum Gasteiger partial charge on any atom is 0.224 e. The van der Waals surface area contributed by atoms with Gasteiger partial charge in [0.15, 0.2) is 0 Å². The Morgan fingerprint density at radius 2 is 2.38 bits per heavy atom. The smallest absolute Gasteiger partial charge is 0.224 e. The van der Waals surface area contributed by atoms with Gasteiger partial charge in [0.1, 0.15) is 0 Å². The van der Waals surface area contributed by atoms with Crippen LogP contribution in [0.15, 0.2) is 36.7 Å². The van der Waals surface area contributed by atoms with Gasteiger partial charge in [0.05, 0.1) is 18.7 Å². The maximum atomic E-state index is 12.2. The van der Waals surface area contributed by atoms with E-state index in [4.69, 9.17) is 16.3 Å². The van der Waals surface area contributed by atoms with Gasteiger partial charge in [-0.2, -0.15) is 5.10 Å². The predicted molar refractivity (Wildman–Crippen MR) is 92.9 cm³/mol. The summed E-state index contributed by atoms with van der Waals surface area (Å²) >= 11 is 5.95. The predicted octanol–water partition coefficient (Wildman–Crippen LogP) is 2.99. The van der Waals surface area contributed by atoms with Crippen molar-refractivity contribution in [3.05, 3.63) is 52.8 Å². The van der Waals surface area contributed by atoms with Gasteiger partial charge in [0, 0.05) is 42.4 Å². The molecule has 5 nitrogen and oxygen atoms in total. The lowest BCUT2D eigenvalue weighted by atomic mass is 9.97. The Kier molecular flexibility index (Phi) is 5.53. The molecule has 2 atom stereocenters. The Morgan fingerprint density at radius 1 is 1.50 bits per heavy atom. The van der Waals surface area contributed by atoms with Crippen molar-refractivity contribution in [3.63, 3.8) is 0 Å². The highest BCUT2D eigenvalue weighted by atomic mass is 35.5. The number of carbonyl (C=O) groups is 1. The molecule has 0 spiro atoms. The zero-order valence-corrected chi connectivity index (χ0v) is 14.5. The lowest BCUT2D eigenvalue weighted by Gasteiger charge is -2.17. The molecule has 1 aliphatic heterocycles. The molecule has 24 heavy (non-hydrogen) atoms. The second-order valence-electron chi connectivity index (χ2n) is 6.08. The normalized spacial score (nSPS) is 20.2. The maximum absolute atomic E-state index is 12.2. The minimum Gasteiger partial charge on any atom is -0.373 e. The van der Waals surface area contributed by atoms with Gasteiger partial charge in [-0.1, -0.05) is 23.7 Å². The average Bonchev–Trinajstić information content (AvgIpc) is 3.21. The quantitative estimate of drug-likeness (QED) is 0.874. The number of benzene rings is 1. The number of hydrogen-bond donors (Lipinski definition) is 1. The number of hydrogen-bond acceptors (Lipinski definition) is 3. The fraction of sp³-hybridized carbons (Fsp3) is 0.444. The summed E-state index contributed by atoms with van der Waals surface area (Å²) < 4.78 is 7.75. The van der Waals surface area contributed by atoms with Crippen molar-refractivity contribution in [2.24, 2.45) is 5.92 Å². The van der Waals surface area contributed by atoms with Crippen molar-refractivity contribution in [2.45, 2.75) is 32.4 Å². The van der Waals surface area contributed by atoms with Gasteiger partial charge in [-0.3, -0.25) is 9.48 Å². The molecule has 0 saturated carbocycles. The van der Waals surface area contributed by atoms with E-state index in [1.165, 1.54) is 0 Å². The number of carbonyl (C=O) groups excluding carboxylic acids is 1. The van der Waals surface area contributed by atoms with Crippen LogP contribution in [0.2, 0.25) is 5.02 Å². The first-order valence-electron chi connectivity index (χ1n) is 8.31. The lowest BCUT2D eigenvalue weighted by Crippen LogP contribution is -2.31. The molecule has 1 aromatic carbocycles. The summed E-state index contributed by atoms with van der Waals surface area (Å²) in [6.07, 6.45) is 5.18. The Bertz CT molecular complexity index is 701. The van der Waals surface area contributed by atoms with Gasteiger partial charge in [-0.05, 0) is 31.0 Å².